The number of nitrogens with two attached hydrogens (primary N) is 1. The van der Waals surface area contributed by atoms with Gasteiger partial charge in [0.15, 0.2) is 0 Å². The van der Waals surface area contributed by atoms with Crippen molar-refractivity contribution in [3.63, 3.8) is 0 Å². The average Bonchev–Trinajstić information content (AvgIpc) is 1.67. The van der Waals surface area contributed by atoms with Crippen molar-refractivity contribution in [3.8, 4) is 0 Å². The fraction of sp³-hybridized carbons (Fsp3) is 1.00. The first-order chi connectivity index (χ1) is 3.50. The lowest BCUT2D eigenvalue weighted by atomic mass is 10.1. The van der Waals surface area contributed by atoms with E-state index < -0.39 is 0 Å². The van der Waals surface area contributed by atoms with Crippen LogP contribution in [0.2, 0.25) is 0 Å². The van der Waals surface area contributed by atoms with Gasteiger partial charge in [-0.15, -0.1) is 0 Å². The molecule has 0 radical (unpaired) electrons. The Labute approximate surface area is 60.5 Å². The summed E-state index contributed by atoms with van der Waals surface area (Å²) in [5.41, 5.74) is 5.62. The molecule has 0 aromatic rings. The summed E-state index contributed by atoms with van der Waals surface area (Å²) >= 11 is 0. The molecule has 0 spiro atoms. The molecule has 0 aromatic carbocycles. The lowest BCUT2D eigenvalue weighted by Gasteiger charge is -2.30. The fourth-order valence-electron chi connectivity index (χ4n) is 0.183. The van der Waals surface area contributed by atoms with Gasteiger partial charge in [-0.05, 0) is 27.9 Å². The first kappa shape index (κ1) is 11.7. The molecule has 9 heavy (non-hydrogen) atoms. The largest absolute Gasteiger partial charge is 0.329 e. The second-order valence-corrected chi connectivity index (χ2v) is 2.91. The van der Waals surface area contributed by atoms with Gasteiger partial charge in [0.05, 0.1) is 0 Å². The summed E-state index contributed by atoms with van der Waals surface area (Å²) in [6.45, 7) is 4.94. The Morgan fingerprint density at radius 3 is 1.78 bits per heavy atom. The molecule has 0 aliphatic heterocycles. The number of hydrogen-bond donors (Lipinski definition) is 1. The van der Waals surface area contributed by atoms with Crippen LogP contribution < -0.4 is 5.73 Å². The zero-order chi connectivity index (χ0) is 6.78. The minimum Gasteiger partial charge on any atom is -0.329 e. The number of rotatable bonds is 2. The highest BCUT2D eigenvalue weighted by atomic mass is 15.1. The second-order valence-electron chi connectivity index (χ2n) is 2.91. The van der Waals surface area contributed by atoms with Gasteiger partial charge in [-0.25, -0.2) is 0 Å². The van der Waals surface area contributed by atoms with Crippen LogP contribution in [0.15, 0.2) is 0 Å². The Balaban J connectivity index is -0.000000245. The molecule has 0 amide bonds. The second kappa shape index (κ2) is 3.85. The summed E-state index contributed by atoms with van der Waals surface area (Å²) in [5.74, 6) is 0. The molecule has 0 aliphatic rings. The Bertz CT molecular complexity index is 72.0. The van der Waals surface area contributed by atoms with Crippen molar-refractivity contribution in [1.82, 2.24) is 4.90 Å². The van der Waals surface area contributed by atoms with E-state index in [0.29, 0.717) is 6.54 Å². The van der Waals surface area contributed by atoms with Gasteiger partial charge in [-0.1, -0.05) is 7.43 Å². The van der Waals surface area contributed by atoms with Crippen molar-refractivity contribution < 1.29 is 1.43 Å². The van der Waals surface area contributed by atoms with E-state index >= 15 is 0 Å². The Kier molecular flexibility index (Phi) is 5.00. The van der Waals surface area contributed by atoms with Crippen LogP contribution in [-0.2, 0) is 0 Å². The first-order valence-corrected chi connectivity index (χ1v) is 2.88. The molecule has 0 rings (SSSR count). The number of hydrogen-bond acceptors (Lipinski definition) is 2. The van der Waals surface area contributed by atoms with Gasteiger partial charge in [0.2, 0.25) is 0 Å². The van der Waals surface area contributed by atoms with Gasteiger partial charge < -0.3 is 10.6 Å². The Hall–Kier alpha value is -0.0800. The smallest absolute Gasteiger partial charge is 0.0269 e. The Morgan fingerprint density at radius 1 is 1.44 bits per heavy atom. The predicted molar refractivity (Wildman–Crippen MR) is 45.7 cm³/mol. The third kappa shape index (κ3) is 3.49. The van der Waals surface area contributed by atoms with Crippen LogP contribution in [0.5, 0.6) is 0 Å². The summed E-state index contributed by atoms with van der Waals surface area (Å²) < 4.78 is 0. The molecular weight excluding hydrogens is 112 g/mol. The SMILES string of the molecule is C.CN(C)C(C)(C)CN.[HH]. The molecule has 2 heteroatoms. The van der Waals surface area contributed by atoms with Crippen LogP contribution >= 0.6 is 0 Å². The van der Waals surface area contributed by atoms with Crippen molar-refractivity contribution >= 4 is 0 Å². The highest BCUT2D eigenvalue weighted by Gasteiger charge is 2.16. The summed E-state index contributed by atoms with van der Waals surface area (Å²) in [6.07, 6.45) is 0. The molecule has 0 aliphatic carbocycles. The standard InChI is InChI=1S/C6H16N2.CH4.H2/c1-6(2,5-7)8(3)4;;/h5,7H2,1-4H3;1H4;1H. The van der Waals surface area contributed by atoms with E-state index in [1.165, 1.54) is 0 Å². The van der Waals surface area contributed by atoms with E-state index in [9.17, 15) is 0 Å². The van der Waals surface area contributed by atoms with E-state index in [2.05, 4.69) is 18.7 Å². The highest BCUT2D eigenvalue weighted by Crippen LogP contribution is 2.05. The topological polar surface area (TPSA) is 29.3 Å². The van der Waals surface area contributed by atoms with Crippen LogP contribution in [0.3, 0.4) is 0 Å². The van der Waals surface area contributed by atoms with Crippen molar-refractivity contribution in [1.29, 1.82) is 0 Å². The highest BCUT2D eigenvalue weighted by molar-refractivity contribution is 4.76. The number of nitrogens with zero attached hydrogens (tertiary/aromatic N) is 1. The van der Waals surface area contributed by atoms with Crippen molar-refractivity contribution in [2.75, 3.05) is 20.6 Å². The molecule has 0 saturated heterocycles. The third-order valence-corrected chi connectivity index (χ3v) is 1.71. The summed E-state index contributed by atoms with van der Waals surface area (Å²) in [6, 6.07) is 0. The molecule has 2 nitrogen and oxygen atoms in total. The van der Waals surface area contributed by atoms with Gasteiger partial charge >= 0.3 is 0 Å². The molecule has 0 saturated carbocycles. The number of likely N-dealkylation sites (N-methyl/N-ethyl adjacent to an activating group) is 1. The minimum absolute atomic E-state index is 0. The summed E-state index contributed by atoms with van der Waals surface area (Å²) in [4.78, 5) is 2.12. The predicted octanol–water partition coefficient (Wildman–Crippen LogP) is 1.17. The summed E-state index contributed by atoms with van der Waals surface area (Å²) in [7, 11) is 4.07. The average molecular weight is 134 g/mol. The lowest BCUT2D eigenvalue weighted by Crippen LogP contribution is -2.44. The van der Waals surface area contributed by atoms with Crippen LogP contribution in [0.4, 0.5) is 0 Å². The van der Waals surface area contributed by atoms with Crippen molar-refractivity contribution in [3.05, 3.63) is 0 Å². The van der Waals surface area contributed by atoms with Crippen molar-refractivity contribution in [2.45, 2.75) is 26.8 Å². The van der Waals surface area contributed by atoms with Gasteiger partial charge in [-0.2, -0.15) is 0 Å². The molecule has 0 aromatic heterocycles. The van der Waals surface area contributed by atoms with Crippen LogP contribution in [0.25, 0.3) is 0 Å². The molecule has 0 fully saturated rings. The molecule has 0 unspecified atom stereocenters. The fourth-order valence-corrected chi connectivity index (χ4v) is 0.183. The minimum atomic E-state index is 0. The van der Waals surface area contributed by atoms with Crippen LogP contribution in [-0.4, -0.2) is 31.1 Å². The Morgan fingerprint density at radius 2 is 1.78 bits per heavy atom. The zero-order valence-electron chi connectivity index (χ0n) is 6.23. The normalized spacial score (nSPS) is 11.3. The van der Waals surface area contributed by atoms with E-state index in [1.54, 1.807) is 0 Å². The third-order valence-electron chi connectivity index (χ3n) is 1.71. The molecule has 60 valence electrons. The maximum Gasteiger partial charge on any atom is 0.0269 e. The van der Waals surface area contributed by atoms with Crippen molar-refractivity contribution in [2.24, 2.45) is 5.73 Å². The monoisotopic (exact) mass is 134 g/mol. The maximum atomic E-state index is 5.47. The first-order valence-electron chi connectivity index (χ1n) is 2.88. The molecule has 0 bridgehead atoms. The van der Waals surface area contributed by atoms with E-state index in [-0.39, 0.29) is 14.4 Å². The summed E-state index contributed by atoms with van der Waals surface area (Å²) in [5, 5.41) is 0. The maximum absolute atomic E-state index is 5.47. The van der Waals surface area contributed by atoms with E-state index in [0.717, 1.165) is 0 Å². The van der Waals surface area contributed by atoms with Crippen LogP contribution in [0, 0.1) is 0 Å². The van der Waals surface area contributed by atoms with Gasteiger partial charge in [-0.3, -0.25) is 0 Å². The van der Waals surface area contributed by atoms with Gasteiger partial charge in [0.1, 0.15) is 0 Å². The van der Waals surface area contributed by atoms with E-state index in [4.69, 9.17) is 5.73 Å². The molecule has 2 N–H and O–H groups in total. The molecule has 0 atom stereocenters. The van der Waals surface area contributed by atoms with E-state index in [1.807, 2.05) is 14.1 Å². The molecule has 0 heterocycles. The quantitative estimate of drug-likeness (QED) is 0.614. The van der Waals surface area contributed by atoms with Crippen LogP contribution in [0.1, 0.15) is 22.7 Å². The lowest BCUT2D eigenvalue weighted by molar-refractivity contribution is 0.204. The van der Waals surface area contributed by atoms with Gasteiger partial charge in [0, 0.05) is 13.5 Å². The zero-order valence-corrected chi connectivity index (χ0v) is 6.23. The van der Waals surface area contributed by atoms with Gasteiger partial charge in [0.25, 0.3) is 0 Å². The molecular formula is C7H22N2.